The van der Waals surface area contributed by atoms with Crippen LogP contribution in [0.5, 0.6) is 11.5 Å². The van der Waals surface area contributed by atoms with Gasteiger partial charge in [-0.2, -0.15) is 0 Å². The monoisotopic (exact) mass is 728 g/mol. The molecule has 1 fully saturated rings. The summed E-state index contributed by atoms with van der Waals surface area (Å²) < 4.78 is 14.0. The lowest BCUT2D eigenvalue weighted by molar-refractivity contribution is -0.123. The number of hydrogen-bond donors (Lipinski definition) is 3. The summed E-state index contributed by atoms with van der Waals surface area (Å²) in [6.07, 6.45) is 22.7. The van der Waals surface area contributed by atoms with E-state index in [1.165, 1.54) is 94.7 Å². The van der Waals surface area contributed by atoms with Crippen LogP contribution in [0.25, 0.3) is 5.65 Å². The molecule has 0 bridgehead atoms. The molecule has 1 atom stereocenters. The second-order valence-electron chi connectivity index (χ2n) is 15.3. The van der Waals surface area contributed by atoms with Crippen molar-refractivity contribution in [2.45, 2.75) is 161 Å². The number of unbranched alkanes of at least 4 members (excludes halogenated alkanes) is 9. The van der Waals surface area contributed by atoms with Crippen LogP contribution in [0.3, 0.4) is 0 Å². The van der Waals surface area contributed by atoms with Crippen molar-refractivity contribution in [1.82, 2.24) is 19.8 Å². The quantitative estimate of drug-likeness (QED) is 0.0619. The van der Waals surface area contributed by atoms with Gasteiger partial charge in [0.05, 0.1) is 6.61 Å². The van der Waals surface area contributed by atoms with Crippen LogP contribution in [0.1, 0.15) is 152 Å². The Morgan fingerprint density at radius 3 is 2.28 bits per heavy atom. The van der Waals surface area contributed by atoms with E-state index in [1.54, 1.807) is 0 Å². The number of amides is 1. The minimum atomic E-state index is -0.605. The van der Waals surface area contributed by atoms with Crippen molar-refractivity contribution in [1.29, 1.82) is 0 Å². The number of nitrogens with zero attached hydrogens (tertiary/aromatic N) is 3. The molecule has 53 heavy (non-hydrogen) atoms. The van der Waals surface area contributed by atoms with Crippen LogP contribution in [0.15, 0.2) is 48.5 Å². The molecule has 1 amide bonds. The van der Waals surface area contributed by atoms with Crippen molar-refractivity contribution in [3.05, 3.63) is 71.2 Å². The van der Waals surface area contributed by atoms with Crippen molar-refractivity contribution >= 4 is 17.2 Å². The number of fused-ring (bicyclic) bond motifs is 1. The molecule has 5 rings (SSSR count). The second-order valence-corrected chi connectivity index (χ2v) is 15.3. The van der Waals surface area contributed by atoms with Gasteiger partial charge in [-0.1, -0.05) is 103 Å². The number of carbonyl (C=O) groups is 1. The summed E-state index contributed by atoms with van der Waals surface area (Å²) >= 11 is 0. The fourth-order valence-electron chi connectivity index (χ4n) is 7.97. The lowest BCUT2D eigenvalue weighted by Crippen LogP contribution is -2.33. The van der Waals surface area contributed by atoms with Crippen LogP contribution in [-0.2, 0) is 23.1 Å². The van der Waals surface area contributed by atoms with Crippen LogP contribution >= 0.6 is 0 Å². The first-order valence-corrected chi connectivity index (χ1v) is 20.8. The van der Waals surface area contributed by atoms with E-state index in [1.807, 2.05) is 37.3 Å². The summed E-state index contributed by atoms with van der Waals surface area (Å²) in [4.78, 5) is 13.6. The van der Waals surface area contributed by atoms with Crippen molar-refractivity contribution in [2.75, 3.05) is 18.5 Å². The van der Waals surface area contributed by atoms with E-state index in [9.17, 15) is 4.79 Å². The zero-order valence-electron chi connectivity index (χ0n) is 32.8. The van der Waals surface area contributed by atoms with Gasteiger partial charge >= 0.3 is 0 Å². The number of H-pyrrole nitrogens is 1. The fourth-order valence-corrected chi connectivity index (χ4v) is 7.97. The van der Waals surface area contributed by atoms with E-state index in [-0.39, 0.29) is 24.5 Å². The highest BCUT2D eigenvalue weighted by atomic mass is 16.5. The first kappa shape index (κ1) is 40.3. The average molecular weight is 728 g/mol. The number of hydrogen-bond acceptors (Lipinski definition) is 6. The van der Waals surface area contributed by atoms with Crippen molar-refractivity contribution in [3.8, 4) is 11.5 Å². The third-order valence-corrected chi connectivity index (χ3v) is 11.3. The van der Waals surface area contributed by atoms with E-state index in [4.69, 9.17) is 14.6 Å². The molecule has 2 aromatic carbocycles. The molecule has 1 aliphatic carbocycles. The Balaban J connectivity index is 1.12. The first-order chi connectivity index (χ1) is 25.9. The second kappa shape index (κ2) is 21.1. The minimum absolute atomic E-state index is 0.0412. The molecule has 3 N–H and O–H groups in total. The molecule has 2 heterocycles. The number of aryl methyl sites for hydroxylation is 3. The van der Waals surface area contributed by atoms with Gasteiger partial charge in [-0.15, -0.1) is 10.2 Å². The highest BCUT2D eigenvalue weighted by Gasteiger charge is 2.34. The zero-order valence-corrected chi connectivity index (χ0v) is 32.8. The van der Waals surface area contributed by atoms with Crippen LogP contribution in [0.4, 0.5) is 5.69 Å². The largest absolute Gasteiger partial charge is 0.491 e. The molecule has 4 aromatic rings. The standard InChI is InChI=1S/C44H65N5O4/c1-4-6-7-8-9-10-11-12-13-15-20-39(53-37-26-27-38(34(3)32-37)52-31-30-50)43(51)45-36-24-22-35(23-25-36)19-18-21-41-46-47-42-33-40(48-49(41)42)44(5-2)28-16-14-17-29-44/h22-27,32-33,39,48,50H,4-21,28-31H2,1-3H3,(H,45,51). The van der Waals surface area contributed by atoms with Gasteiger partial charge < -0.3 is 19.9 Å². The summed E-state index contributed by atoms with van der Waals surface area (Å²) in [7, 11) is 0. The van der Waals surface area contributed by atoms with Gasteiger partial charge in [0, 0.05) is 29.3 Å². The van der Waals surface area contributed by atoms with E-state index in [2.05, 4.69) is 57.2 Å². The van der Waals surface area contributed by atoms with Gasteiger partial charge in [-0.05, 0) is 93.3 Å². The Labute approximate surface area is 317 Å². The van der Waals surface area contributed by atoms with E-state index < -0.39 is 6.10 Å². The number of nitrogens with one attached hydrogen (secondary N) is 2. The molecular formula is C44H65N5O4. The molecule has 1 saturated carbocycles. The van der Waals surface area contributed by atoms with E-state index in [0.29, 0.717) is 17.9 Å². The van der Waals surface area contributed by atoms with Gasteiger partial charge in [0.1, 0.15) is 18.1 Å². The Hall–Kier alpha value is -3.85. The van der Waals surface area contributed by atoms with Gasteiger partial charge in [0.15, 0.2) is 17.6 Å². The molecule has 0 radical (unpaired) electrons. The molecule has 2 aromatic heterocycles. The zero-order chi connectivity index (χ0) is 37.3. The van der Waals surface area contributed by atoms with Gasteiger partial charge in [-0.3, -0.25) is 9.89 Å². The molecular weight excluding hydrogens is 663 g/mol. The van der Waals surface area contributed by atoms with E-state index in [0.717, 1.165) is 61.2 Å². The Morgan fingerprint density at radius 1 is 0.887 bits per heavy atom. The third kappa shape index (κ3) is 11.8. The number of aliphatic hydroxyl groups is 1. The molecule has 0 spiro atoms. The fraction of sp³-hybridized carbons (Fsp3) is 0.614. The van der Waals surface area contributed by atoms with Gasteiger partial charge in [-0.25, -0.2) is 4.52 Å². The predicted molar refractivity (Wildman–Crippen MR) is 214 cm³/mol. The number of benzene rings is 2. The van der Waals surface area contributed by atoms with E-state index >= 15 is 0 Å². The Bertz CT molecular complexity index is 1660. The molecule has 1 unspecified atom stereocenters. The molecule has 1 aliphatic rings. The number of aromatic amines is 1. The summed E-state index contributed by atoms with van der Waals surface area (Å²) in [5, 5.41) is 24.9. The van der Waals surface area contributed by atoms with Crippen molar-refractivity contribution in [3.63, 3.8) is 0 Å². The van der Waals surface area contributed by atoms with Crippen LogP contribution in [-0.4, -0.2) is 50.1 Å². The summed E-state index contributed by atoms with van der Waals surface area (Å²) in [6, 6.07) is 16.0. The van der Waals surface area contributed by atoms with Gasteiger partial charge in [0.25, 0.3) is 5.91 Å². The number of carbonyl (C=O) groups excluding carboxylic acids is 1. The molecule has 0 saturated heterocycles. The van der Waals surface area contributed by atoms with Crippen molar-refractivity contribution < 1.29 is 19.4 Å². The Kier molecular flexibility index (Phi) is 16.1. The lowest BCUT2D eigenvalue weighted by Gasteiger charge is -2.35. The first-order valence-electron chi connectivity index (χ1n) is 20.8. The highest BCUT2D eigenvalue weighted by Crippen LogP contribution is 2.41. The van der Waals surface area contributed by atoms with Crippen LogP contribution in [0.2, 0.25) is 0 Å². The van der Waals surface area contributed by atoms with Gasteiger partial charge in [0.2, 0.25) is 0 Å². The SMILES string of the molecule is CCCCCCCCCCCCC(Oc1ccc(OCCO)c(C)c1)C(=O)Nc1ccc(CCCc2nnc3cc(C4(CC)CCCCC4)[nH]n23)cc1. The third-order valence-electron chi connectivity index (χ3n) is 11.3. The maximum absolute atomic E-state index is 13.6. The molecule has 9 nitrogen and oxygen atoms in total. The number of aliphatic hydroxyl groups excluding tert-OH is 1. The summed E-state index contributed by atoms with van der Waals surface area (Å²) in [5.74, 6) is 2.19. The summed E-state index contributed by atoms with van der Waals surface area (Å²) in [6.45, 7) is 6.71. The number of ether oxygens (including phenoxy) is 2. The molecule has 9 heteroatoms. The molecule has 0 aliphatic heterocycles. The lowest BCUT2D eigenvalue weighted by atomic mass is 9.70. The molecule has 290 valence electrons. The number of aromatic nitrogens is 4. The number of rotatable bonds is 24. The van der Waals surface area contributed by atoms with Crippen molar-refractivity contribution in [2.24, 2.45) is 0 Å². The summed E-state index contributed by atoms with van der Waals surface area (Å²) in [5.41, 5.74) is 5.37. The topological polar surface area (TPSA) is 114 Å². The maximum Gasteiger partial charge on any atom is 0.265 e. The van der Waals surface area contributed by atoms with Crippen LogP contribution in [0, 0.1) is 6.92 Å². The Morgan fingerprint density at radius 2 is 1.60 bits per heavy atom. The average Bonchev–Trinajstić information content (AvgIpc) is 3.78. The number of anilines is 1. The minimum Gasteiger partial charge on any atom is -0.491 e. The normalized spacial score (nSPS) is 14.7. The smallest absolute Gasteiger partial charge is 0.265 e. The predicted octanol–water partition coefficient (Wildman–Crippen LogP) is 10.2. The maximum atomic E-state index is 13.6. The highest BCUT2D eigenvalue weighted by molar-refractivity contribution is 5.94. The van der Waals surface area contributed by atoms with Crippen LogP contribution < -0.4 is 14.8 Å².